The van der Waals surface area contributed by atoms with E-state index in [0.717, 1.165) is 74.8 Å². The molecular weight excluding hydrogens is 482 g/mol. The topological polar surface area (TPSA) is 135 Å². The first-order valence-electron chi connectivity index (χ1n) is 14.8. The Kier molecular flexibility index (Phi) is 9.16. The maximum Gasteiger partial charge on any atom is 0.426 e. The number of carbonyl (C=O) groups excluding carboxylic acids is 1. The van der Waals surface area contributed by atoms with Crippen molar-refractivity contribution in [3.63, 3.8) is 0 Å². The van der Waals surface area contributed by atoms with E-state index in [1.807, 2.05) is 6.33 Å². The molecule has 2 aliphatic carbocycles. The predicted molar refractivity (Wildman–Crippen MR) is 149 cm³/mol. The summed E-state index contributed by atoms with van der Waals surface area (Å²) in [6.07, 6.45) is 15.5. The molecule has 1 saturated heterocycles. The summed E-state index contributed by atoms with van der Waals surface area (Å²) in [6.45, 7) is 4.16. The van der Waals surface area contributed by atoms with E-state index in [0.29, 0.717) is 43.7 Å². The Morgan fingerprint density at radius 3 is 2.47 bits per heavy atom. The Hall–Kier alpha value is -2.66. The fraction of sp³-hybridized carbons (Fsp3) is 0.778. The summed E-state index contributed by atoms with van der Waals surface area (Å²) in [7, 11) is 0. The van der Waals surface area contributed by atoms with Gasteiger partial charge in [-0.3, -0.25) is 0 Å². The molecule has 0 radical (unpaired) electrons. The van der Waals surface area contributed by atoms with Crippen molar-refractivity contribution in [3.8, 4) is 0 Å². The van der Waals surface area contributed by atoms with Crippen LogP contribution >= 0.6 is 0 Å². The lowest BCUT2D eigenvalue weighted by Crippen LogP contribution is -2.42. The lowest BCUT2D eigenvalue weighted by molar-refractivity contribution is -0.112. The van der Waals surface area contributed by atoms with Crippen LogP contribution < -0.4 is 21.7 Å². The molecular formula is C27H45N9O2. The van der Waals surface area contributed by atoms with Crippen molar-refractivity contribution in [1.82, 2.24) is 29.9 Å². The Balaban J connectivity index is 1.24. The fourth-order valence-corrected chi connectivity index (χ4v) is 5.98. The highest BCUT2D eigenvalue weighted by Gasteiger charge is 2.27. The molecule has 0 atom stereocenters. The summed E-state index contributed by atoms with van der Waals surface area (Å²) in [5.41, 5.74) is 7.86. The molecule has 11 heteroatoms. The van der Waals surface area contributed by atoms with Gasteiger partial charge in [-0.25, -0.2) is 9.78 Å². The lowest BCUT2D eigenvalue weighted by atomic mass is 9.92. The summed E-state index contributed by atoms with van der Waals surface area (Å²) < 4.78 is 2.26. The Morgan fingerprint density at radius 2 is 1.74 bits per heavy atom. The summed E-state index contributed by atoms with van der Waals surface area (Å²) >= 11 is 0. The fourth-order valence-electron chi connectivity index (χ4n) is 5.98. The molecule has 38 heavy (non-hydrogen) atoms. The van der Waals surface area contributed by atoms with Crippen LogP contribution in [0, 0.1) is 0 Å². The molecule has 11 nitrogen and oxygen atoms in total. The molecule has 2 aromatic rings. The summed E-state index contributed by atoms with van der Waals surface area (Å²) in [6, 6.07) is 1.32. The molecule has 5 N–H and O–H groups in total. The van der Waals surface area contributed by atoms with Gasteiger partial charge in [-0.1, -0.05) is 32.6 Å². The second-order valence-corrected chi connectivity index (χ2v) is 11.3. The predicted octanol–water partition coefficient (Wildman–Crippen LogP) is 4.33. The maximum absolute atomic E-state index is 12.1. The maximum atomic E-state index is 12.1. The Labute approximate surface area is 225 Å². The van der Waals surface area contributed by atoms with Crippen LogP contribution in [0.3, 0.4) is 0 Å². The molecule has 3 heterocycles. The third-order valence-corrected chi connectivity index (χ3v) is 8.30. The van der Waals surface area contributed by atoms with E-state index in [9.17, 15) is 4.79 Å². The van der Waals surface area contributed by atoms with Gasteiger partial charge in [0.25, 0.3) is 0 Å². The van der Waals surface area contributed by atoms with E-state index in [-0.39, 0.29) is 12.1 Å². The van der Waals surface area contributed by atoms with Crippen LogP contribution in [0.25, 0.3) is 11.2 Å². The van der Waals surface area contributed by atoms with Gasteiger partial charge in [-0.15, -0.1) is 5.06 Å². The second-order valence-electron chi connectivity index (χ2n) is 11.3. The van der Waals surface area contributed by atoms with E-state index in [1.165, 1.54) is 25.7 Å². The van der Waals surface area contributed by atoms with Crippen LogP contribution in [0.1, 0.15) is 96.4 Å². The Bertz CT molecular complexity index is 1040. The Morgan fingerprint density at radius 1 is 1.00 bits per heavy atom. The second kappa shape index (κ2) is 12.9. The number of hydrogen-bond donors (Lipinski definition) is 4. The van der Waals surface area contributed by atoms with Crippen LogP contribution in [0.4, 0.5) is 16.6 Å². The van der Waals surface area contributed by atoms with Crippen molar-refractivity contribution in [2.45, 2.75) is 115 Å². The van der Waals surface area contributed by atoms with Gasteiger partial charge >= 0.3 is 6.09 Å². The SMILES string of the molecule is CCCCCNC(=O)ON1CCC(Nc2nc(N[C@H]3CC[C@H](N)CC3)nc3c2ncn3C2CCCC2)CC1. The van der Waals surface area contributed by atoms with Gasteiger partial charge in [-0.05, 0) is 57.8 Å². The van der Waals surface area contributed by atoms with E-state index >= 15 is 0 Å². The smallest absolute Gasteiger partial charge is 0.365 e. The number of nitrogens with one attached hydrogen (secondary N) is 3. The first-order valence-corrected chi connectivity index (χ1v) is 14.8. The van der Waals surface area contributed by atoms with Gasteiger partial charge in [-0.2, -0.15) is 9.97 Å². The zero-order valence-electron chi connectivity index (χ0n) is 22.8. The van der Waals surface area contributed by atoms with Gasteiger partial charge in [0, 0.05) is 43.8 Å². The number of amides is 1. The largest absolute Gasteiger partial charge is 0.426 e. The standard InChI is InChI=1S/C27H45N9O2/c1-2-3-6-15-29-27(37)38-35-16-13-21(14-17-35)31-24-23-25(36(18-30-23)22-7-4-5-8-22)34-26(33-24)32-20-11-9-19(28)10-12-20/h18-22H,2-17,28H2,1H3,(H,29,37)(H2,31,32,33,34)/t19-,20-. The minimum absolute atomic E-state index is 0.220. The van der Waals surface area contributed by atoms with Crippen LogP contribution in [0.2, 0.25) is 0 Å². The van der Waals surface area contributed by atoms with Crippen molar-refractivity contribution in [3.05, 3.63) is 6.33 Å². The number of nitrogens with two attached hydrogens (primary N) is 1. The van der Waals surface area contributed by atoms with E-state index in [4.69, 9.17) is 25.5 Å². The van der Waals surface area contributed by atoms with Crippen molar-refractivity contribution in [1.29, 1.82) is 0 Å². The van der Waals surface area contributed by atoms with Gasteiger partial charge < -0.3 is 31.1 Å². The first kappa shape index (κ1) is 26.9. The number of rotatable bonds is 10. The zero-order chi connectivity index (χ0) is 26.3. The number of nitrogens with zero attached hydrogens (tertiary/aromatic N) is 5. The lowest BCUT2D eigenvalue weighted by Gasteiger charge is -2.31. The summed E-state index contributed by atoms with van der Waals surface area (Å²) in [4.78, 5) is 32.2. The molecule has 1 amide bonds. The van der Waals surface area contributed by atoms with Crippen LogP contribution in [-0.4, -0.2) is 68.4 Å². The van der Waals surface area contributed by atoms with Crippen molar-refractivity contribution >= 4 is 29.0 Å². The van der Waals surface area contributed by atoms with Gasteiger partial charge in [0.15, 0.2) is 17.0 Å². The highest BCUT2D eigenvalue weighted by Crippen LogP contribution is 2.34. The number of fused-ring (bicyclic) bond motifs is 1. The third-order valence-electron chi connectivity index (χ3n) is 8.30. The molecule has 1 aliphatic heterocycles. The number of hydrogen-bond acceptors (Lipinski definition) is 9. The van der Waals surface area contributed by atoms with E-state index in [2.05, 4.69) is 27.4 Å². The number of hydroxylamine groups is 2. The zero-order valence-corrected chi connectivity index (χ0v) is 22.8. The first-order chi connectivity index (χ1) is 18.6. The number of carbonyl (C=O) groups is 1. The molecule has 2 aromatic heterocycles. The minimum Gasteiger partial charge on any atom is -0.365 e. The quantitative estimate of drug-likeness (QED) is 0.333. The molecule has 0 unspecified atom stereocenters. The van der Waals surface area contributed by atoms with Gasteiger partial charge in [0.05, 0.1) is 6.33 Å². The summed E-state index contributed by atoms with van der Waals surface area (Å²) in [5.74, 6) is 1.45. The normalized spacial score (nSPS) is 23.5. The number of aromatic nitrogens is 4. The van der Waals surface area contributed by atoms with Crippen LogP contribution in [-0.2, 0) is 4.84 Å². The molecule has 0 spiro atoms. The highest BCUT2D eigenvalue weighted by molar-refractivity contribution is 5.84. The average Bonchev–Trinajstić information content (AvgIpc) is 3.59. The van der Waals surface area contributed by atoms with Crippen LogP contribution in [0.5, 0.6) is 0 Å². The van der Waals surface area contributed by atoms with Crippen molar-refractivity contribution < 1.29 is 9.63 Å². The van der Waals surface area contributed by atoms with Gasteiger partial charge in [0.1, 0.15) is 0 Å². The number of piperidine rings is 1. The molecule has 2 saturated carbocycles. The van der Waals surface area contributed by atoms with Crippen molar-refractivity contribution in [2.75, 3.05) is 30.3 Å². The monoisotopic (exact) mass is 527 g/mol. The highest BCUT2D eigenvalue weighted by atomic mass is 16.7. The van der Waals surface area contributed by atoms with Crippen molar-refractivity contribution in [2.24, 2.45) is 5.73 Å². The summed E-state index contributed by atoms with van der Waals surface area (Å²) in [5, 5.41) is 11.9. The number of anilines is 2. The third kappa shape index (κ3) is 6.85. The van der Waals surface area contributed by atoms with E-state index in [1.54, 1.807) is 5.06 Å². The number of imidazole rings is 1. The van der Waals surface area contributed by atoms with Crippen LogP contribution in [0.15, 0.2) is 6.33 Å². The molecule has 0 aromatic carbocycles. The molecule has 5 rings (SSSR count). The van der Waals surface area contributed by atoms with Gasteiger partial charge in [0.2, 0.25) is 5.95 Å². The molecule has 210 valence electrons. The molecule has 3 fully saturated rings. The molecule has 3 aliphatic rings. The van der Waals surface area contributed by atoms with E-state index < -0.39 is 0 Å². The molecule has 0 bridgehead atoms. The average molecular weight is 528 g/mol. The number of unbranched alkanes of at least 4 members (excludes halogenated alkanes) is 2. The minimum atomic E-state index is -0.359.